The minimum atomic E-state index is -3.71. The molecule has 0 radical (unpaired) electrons. The number of anilines is 2. The highest BCUT2D eigenvalue weighted by molar-refractivity contribution is 7.89. The predicted octanol–water partition coefficient (Wildman–Crippen LogP) is 0.779. The molecule has 1 aliphatic heterocycles. The van der Waals surface area contributed by atoms with Crippen LogP contribution < -0.4 is 15.8 Å². The van der Waals surface area contributed by atoms with Gasteiger partial charge in [0, 0.05) is 26.8 Å². The Morgan fingerprint density at radius 1 is 1.35 bits per heavy atom. The van der Waals surface area contributed by atoms with E-state index >= 15 is 0 Å². The van der Waals surface area contributed by atoms with Crippen LogP contribution in [0.3, 0.4) is 0 Å². The molecule has 2 rings (SSSR count). The van der Waals surface area contributed by atoms with E-state index in [0.29, 0.717) is 11.6 Å². The van der Waals surface area contributed by atoms with E-state index in [1.807, 2.05) is 7.05 Å². The number of primary sulfonamides is 1. The first-order valence-corrected chi connectivity index (χ1v) is 8.14. The van der Waals surface area contributed by atoms with E-state index in [2.05, 4.69) is 4.90 Å². The molecular formula is C13H21N3O3S. The molecule has 0 aliphatic carbocycles. The maximum absolute atomic E-state index is 11.3. The van der Waals surface area contributed by atoms with E-state index in [1.165, 1.54) is 12.1 Å². The second-order valence-electron chi connectivity index (χ2n) is 5.20. The lowest BCUT2D eigenvalue weighted by Gasteiger charge is -2.29. The summed E-state index contributed by atoms with van der Waals surface area (Å²) in [4.78, 5) is 2.09. The van der Waals surface area contributed by atoms with E-state index in [4.69, 9.17) is 15.6 Å². The van der Waals surface area contributed by atoms with Crippen LogP contribution in [-0.4, -0.2) is 35.2 Å². The van der Waals surface area contributed by atoms with Gasteiger partial charge in [-0.25, -0.2) is 13.6 Å². The van der Waals surface area contributed by atoms with Crippen molar-refractivity contribution < 1.29 is 13.2 Å². The smallest absolute Gasteiger partial charge is 0.238 e. The van der Waals surface area contributed by atoms with Crippen molar-refractivity contribution in [2.75, 3.05) is 37.4 Å². The summed E-state index contributed by atoms with van der Waals surface area (Å²) in [7, 11) is -1.75. The minimum absolute atomic E-state index is 0.0400. The molecule has 1 aliphatic rings. The molecule has 1 aromatic rings. The Bertz CT molecular complexity index is 568. The number of hydrogen-bond acceptors (Lipinski definition) is 5. The second kappa shape index (κ2) is 5.99. The quantitative estimate of drug-likeness (QED) is 0.800. The molecule has 0 unspecified atom stereocenters. The molecule has 20 heavy (non-hydrogen) atoms. The van der Waals surface area contributed by atoms with Gasteiger partial charge in [-0.15, -0.1) is 0 Å². The van der Waals surface area contributed by atoms with Crippen LogP contribution in [0.1, 0.15) is 12.8 Å². The average molecular weight is 299 g/mol. The Kier molecular flexibility index (Phi) is 4.52. The van der Waals surface area contributed by atoms with Crippen LogP contribution in [0.4, 0.5) is 11.4 Å². The fraction of sp³-hybridized carbons (Fsp3) is 0.538. The molecule has 0 saturated carbocycles. The van der Waals surface area contributed by atoms with E-state index in [1.54, 1.807) is 6.07 Å². The average Bonchev–Trinajstić information content (AvgIpc) is 2.38. The van der Waals surface area contributed by atoms with Crippen LogP contribution in [0, 0.1) is 5.92 Å². The van der Waals surface area contributed by atoms with Crippen LogP contribution in [0.5, 0.6) is 0 Å². The summed E-state index contributed by atoms with van der Waals surface area (Å²) in [5, 5.41) is 5.09. The molecule has 1 saturated heterocycles. The summed E-state index contributed by atoms with van der Waals surface area (Å²) in [5.74, 6) is 0.575. The van der Waals surface area contributed by atoms with Gasteiger partial charge in [-0.1, -0.05) is 0 Å². The SMILES string of the molecule is CN(CC1CCOCC1)c1ccc(S(N)(=O)=O)cc1N. The summed E-state index contributed by atoms with van der Waals surface area (Å²) >= 11 is 0. The molecule has 7 heteroatoms. The van der Waals surface area contributed by atoms with E-state index in [9.17, 15) is 8.42 Å². The first-order chi connectivity index (χ1) is 9.38. The number of nitrogen functional groups attached to an aromatic ring is 1. The number of ether oxygens (including phenoxy) is 1. The molecule has 0 amide bonds. The standard InChI is InChI=1S/C13H21N3O3S/c1-16(9-10-4-6-19-7-5-10)13-3-2-11(8-12(13)14)20(15,17)18/h2-3,8,10H,4-7,9,14H2,1H3,(H2,15,17,18). The van der Waals surface area contributed by atoms with Crippen LogP contribution in [0.15, 0.2) is 23.1 Å². The van der Waals surface area contributed by atoms with E-state index < -0.39 is 10.0 Å². The predicted molar refractivity (Wildman–Crippen MR) is 79.0 cm³/mol. The lowest BCUT2D eigenvalue weighted by molar-refractivity contribution is 0.0685. The van der Waals surface area contributed by atoms with Gasteiger partial charge in [-0.2, -0.15) is 0 Å². The Balaban J connectivity index is 2.11. The maximum atomic E-state index is 11.3. The first-order valence-electron chi connectivity index (χ1n) is 6.59. The van der Waals surface area contributed by atoms with Gasteiger partial charge in [0.2, 0.25) is 10.0 Å². The van der Waals surface area contributed by atoms with Gasteiger partial charge in [0.1, 0.15) is 0 Å². The Morgan fingerprint density at radius 2 is 2.00 bits per heavy atom. The molecule has 0 aromatic heterocycles. The van der Waals surface area contributed by atoms with Gasteiger partial charge in [0.15, 0.2) is 0 Å². The molecule has 0 atom stereocenters. The van der Waals surface area contributed by atoms with Crippen LogP contribution >= 0.6 is 0 Å². The van der Waals surface area contributed by atoms with Gasteiger partial charge in [-0.05, 0) is 37.0 Å². The van der Waals surface area contributed by atoms with Crippen molar-refractivity contribution in [2.24, 2.45) is 11.1 Å². The third-order valence-corrected chi connectivity index (χ3v) is 4.52. The van der Waals surface area contributed by atoms with E-state index in [0.717, 1.165) is 38.3 Å². The zero-order valence-corrected chi connectivity index (χ0v) is 12.4. The Hall–Kier alpha value is -1.31. The largest absolute Gasteiger partial charge is 0.397 e. The number of hydrogen-bond donors (Lipinski definition) is 2. The van der Waals surface area contributed by atoms with Gasteiger partial charge >= 0.3 is 0 Å². The van der Waals surface area contributed by atoms with Gasteiger partial charge in [-0.3, -0.25) is 0 Å². The van der Waals surface area contributed by atoms with Crippen molar-refractivity contribution in [1.29, 1.82) is 0 Å². The molecular weight excluding hydrogens is 278 g/mol. The monoisotopic (exact) mass is 299 g/mol. The van der Waals surface area contributed by atoms with Crippen molar-refractivity contribution in [1.82, 2.24) is 0 Å². The van der Waals surface area contributed by atoms with Crippen molar-refractivity contribution in [3.63, 3.8) is 0 Å². The van der Waals surface area contributed by atoms with E-state index in [-0.39, 0.29) is 4.90 Å². The zero-order chi connectivity index (χ0) is 14.8. The van der Waals surface area contributed by atoms with Crippen molar-refractivity contribution in [3.8, 4) is 0 Å². The summed E-state index contributed by atoms with van der Waals surface area (Å²) in [6.45, 7) is 2.49. The third kappa shape index (κ3) is 3.62. The fourth-order valence-electron chi connectivity index (χ4n) is 2.47. The molecule has 112 valence electrons. The fourth-order valence-corrected chi connectivity index (χ4v) is 3.02. The molecule has 1 heterocycles. The lowest BCUT2D eigenvalue weighted by atomic mass is 9.99. The highest BCUT2D eigenvalue weighted by Gasteiger charge is 2.18. The zero-order valence-electron chi connectivity index (χ0n) is 11.6. The first kappa shape index (κ1) is 15.1. The molecule has 1 fully saturated rings. The van der Waals surface area contributed by atoms with Gasteiger partial charge in [0.05, 0.1) is 16.3 Å². The van der Waals surface area contributed by atoms with Crippen molar-refractivity contribution in [3.05, 3.63) is 18.2 Å². The molecule has 4 N–H and O–H groups in total. The molecule has 6 nitrogen and oxygen atoms in total. The number of nitrogens with two attached hydrogens (primary N) is 2. The highest BCUT2D eigenvalue weighted by atomic mass is 32.2. The lowest BCUT2D eigenvalue weighted by Crippen LogP contribution is -2.30. The summed E-state index contributed by atoms with van der Waals surface area (Å²) in [6.07, 6.45) is 2.08. The number of benzene rings is 1. The second-order valence-corrected chi connectivity index (χ2v) is 6.76. The number of sulfonamides is 1. The highest BCUT2D eigenvalue weighted by Crippen LogP contribution is 2.27. The summed E-state index contributed by atoms with van der Waals surface area (Å²) in [5.41, 5.74) is 7.18. The normalized spacial score (nSPS) is 17.1. The molecule has 0 bridgehead atoms. The minimum Gasteiger partial charge on any atom is -0.397 e. The van der Waals surface area contributed by atoms with Gasteiger partial charge < -0.3 is 15.4 Å². The Labute approximate surface area is 119 Å². The number of rotatable bonds is 4. The van der Waals surface area contributed by atoms with Crippen molar-refractivity contribution in [2.45, 2.75) is 17.7 Å². The third-order valence-electron chi connectivity index (χ3n) is 3.61. The van der Waals surface area contributed by atoms with Crippen LogP contribution in [-0.2, 0) is 14.8 Å². The molecule has 0 spiro atoms. The maximum Gasteiger partial charge on any atom is 0.238 e. The Morgan fingerprint density at radius 3 is 2.55 bits per heavy atom. The van der Waals surface area contributed by atoms with Crippen LogP contribution in [0.2, 0.25) is 0 Å². The summed E-state index contributed by atoms with van der Waals surface area (Å²) in [6, 6.07) is 4.60. The number of nitrogens with zero attached hydrogens (tertiary/aromatic N) is 1. The topological polar surface area (TPSA) is 98.6 Å². The van der Waals surface area contributed by atoms with Crippen LogP contribution in [0.25, 0.3) is 0 Å². The van der Waals surface area contributed by atoms with Crippen molar-refractivity contribution >= 4 is 21.4 Å². The van der Waals surface area contributed by atoms with Gasteiger partial charge in [0.25, 0.3) is 0 Å². The summed E-state index contributed by atoms with van der Waals surface area (Å²) < 4.78 is 27.9. The molecule has 1 aromatic carbocycles.